The molecule has 0 unspecified atom stereocenters. The summed E-state index contributed by atoms with van der Waals surface area (Å²) in [5.41, 5.74) is 5.15. The van der Waals surface area contributed by atoms with Gasteiger partial charge in [0.25, 0.3) is 0 Å². The van der Waals surface area contributed by atoms with Gasteiger partial charge in [-0.1, -0.05) is 109 Å². The fraction of sp³-hybridized carbons (Fsp3) is 0. The minimum atomic E-state index is 0.435. The molecule has 0 saturated heterocycles. The lowest BCUT2D eigenvalue weighted by Gasteiger charge is -2.09. The Balaban J connectivity index is 1.58. The van der Waals surface area contributed by atoms with Gasteiger partial charge < -0.3 is 0 Å². The molecule has 5 aromatic rings. The highest BCUT2D eigenvalue weighted by Crippen LogP contribution is 2.30. The first-order valence-electron chi connectivity index (χ1n) is 9.46. The van der Waals surface area contributed by atoms with Crippen molar-refractivity contribution in [1.29, 1.82) is 0 Å². The van der Waals surface area contributed by atoms with Gasteiger partial charge in [-0.2, -0.15) is 0 Å². The van der Waals surface area contributed by atoms with Gasteiger partial charge >= 0.3 is 0 Å². The summed E-state index contributed by atoms with van der Waals surface area (Å²) < 4.78 is 0. The molecular weight excluding hydrogens is 376 g/mol. The van der Waals surface area contributed by atoms with Gasteiger partial charge in [-0.25, -0.2) is 9.97 Å². The van der Waals surface area contributed by atoms with Gasteiger partial charge in [0.1, 0.15) is 5.15 Å². The standard InChI is InChI=1S/C26H17ClN2/c27-25-17-24(23-12-6-10-20-9-4-5-11-22(20)23)28-26(29-25)21-15-13-19(14-16-21)18-7-2-1-3-8-18/h1-17H. The molecule has 0 amide bonds. The SMILES string of the molecule is Clc1cc(-c2cccc3ccccc23)nc(-c2ccc(-c3ccccc3)cc2)n1. The van der Waals surface area contributed by atoms with Crippen molar-refractivity contribution in [1.82, 2.24) is 9.97 Å². The molecule has 3 heteroatoms. The number of hydrogen-bond donors (Lipinski definition) is 0. The molecule has 0 spiro atoms. The van der Waals surface area contributed by atoms with Gasteiger partial charge in [0.15, 0.2) is 5.82 Å². The first-order chi connectivity index (χ1) is 14.3. The topological polar surface area (TPSA) is 25.8 Å². The minimum absolute atomic E-state index is 0.435. The van der Waals surface area contributed by atoms with E-state index in [4.69, 9.17) is 16.6 Å². The van der Waals surface area contributed by atoms with E-state index in [0.717, 1.165) is 27.8 Å². The van der Waals surface area contributed by atoms with E-state index < -0.39 is 0 Å². The molecule has 0 aliphatic heterocycles. The third-order valence-corrected chi connectivity index (χ3v) is 5.20. The summed E-state index contributed by atoms with van der Waals surface area (Å²) in [4.78, 5) is 9.30. The summed E-state index contributed by atoms with van der Waals surface area (Å²) in [5, 5.41) is 2.76. The number of fused-ring (bicyclic) bond motifs is 1. The zero-order chi connectivity index (χ0) is 19.6. The summed E-state index contributed by atoms with van der Waals surface area (Å²) in [6, 6.07) is 34.9. The average Bonchev–Trinajstić information content (AvgIpc) is 2.79. The van der Waals surface area contributed by atoms with E-state index in [2.05, 4.69) is 53.5 Å². The number of aromatic nitrogens is 2. The maximum atomic E-state index is 6.38. The van der Waals surface area contributed by atoms with Crippen LogP contribution in [0.1, 0.15) is 0 Å². The predicted molar refractivity (Wildman–Crippen MR) is 121 cm³/mol. The Morgan fingerprint density at radius 3 is 2.03 bits per heavy atom. The maximum Gasteiger partial charge on any atom is 0.161 e. The molecule has 1 heterocycles. The number of rotatable bonds is 3. The first-order valence-corrected chi connectivity index (χ1v) is 9.84. The van der Waals surface area contributed by atoms with Crippen LogP contribution in [0, 0.1) is 0 Å². The fourth-order valence-electron chi connectivity index (χ4n) is 3.58. The predicted octanol–water partition coefficient (Wildman–Crippen LogP) is 7.28. The van der Waals surface area contributed by atoms with Crippen LogP contribution in [0.4, 0.5) is 0 Å². The molecule has 138 valence electrons. The molecule has 29 heavy (non-hydrogen) atoms. The van der Waals surface area contributed by atoms with Crippen LogP contribution in [-0.2, 0) is 0 Å². The van der Waals surface area contributed by atoms with Crippen molar-refractivity contribution in [3.63, 3.8) is 0 Å². The molecule has 0 aliphatic rings. The quantitative estimate of drug-likeness (QED) is 0.301. The lowest BCUT2D eigenvalue weighted by Crippen LogP contribution is -1.94. The Morgan fingerprint density at radius 2 is 1.21 bits per heavy atom. The van der Waals surface area contributed by atoms with E-state index >= 15 is 0 Å². The van der Waals surface area contributed by atoms with Crippen LogP contribution < -0.4 is 0 Å². The van der Waals surface area contributed by atoms with E-state index in [0.29, 0.717) is 11.0 Å². The summed E-state index contributed by atoms with van der Waals surface area (Å²) in [7, 11) is 0. The van der Waals surface area contributed by atoms with Gasteiger partial charge in [0.05, 0.1) is 5.69 Å². The van der Waals surface area contributed by atoms with E-state index in [1.54, 1.807) is 0 Å². The van der Waals surface area contributed by atoms with E-state index in [-0.39, 0.29) is 0 Å². The second-order valence-corrected chi connectivity index (χ2v) is 7.26. The Labute approximate surface area is 174 Å². The molecule has 0 radical (unpaired) electrons. The van der Waals surface area contributed by atoms with Crippen LogP contribution in [0.3, 0.4) is 0 Å². The Bertz CT molecular complexity index is 1290. The molecule has 0 atom stereocenters. The van der Waals surface area contributed by atoms with Crippen molar-refractivity contribution < 1.29 is 0 Å². The molecule has 1 aromatic heterocycles. The normalized spacial score (nSPS) is 10.9. The molecule has 0 bridgehead atoms. The second kappa shape index (κ2) is 7.50. The molecular formula is C26H17ClN2. The van der Waals surface area contributed by atoms with Crippen molar-refractivity contribution >= 4 is 22.4 Å². The second-order valence-electron chi connectivity index (χ2n) is 6.87. The number of hydrogen-bond acceptors (Lipinski definition) is 2. The first kappa shape index (κ1) is 17.6. The Kier molecular flexibility index (Phi) is 4.55. The highest BCUT2D eigenvalue weighted by Gasteiger charge is 2.10. The largest absolute Gasteiger partial charge is 0.228 e. The number of halogens is 1. The zero-order valence-electron chi connectivity index (χ0n) is 15.6. The van der Waals surface area contributed by atoms with Crippen molar-refractivity contribution in [2.45, 2.75) is 0 Å². The van der Waals surface area contributed by atoms with Gasteiger partial charge in [-0.3, -0.25) is 0 Å². The third kappa shape index (κ3) is 3.51. The van der Waals surface area contributed by atoms with Crippen LogP contribution in [0.5, 0.6) is 0 Å². The number of benzene rings is 4. The van der Waals surface area contributed by atoms with Crippen molar-refractivity contribution in [2.24, 2.45) is 0 Å². The smallest absolute Gasteiger partial charge is 0.161 e. The van der Waals surface area contributed by atoms with Crippen molar-refractivity contribution in [2.75, 3.05) is 0 Å². The Hall–Kier alpha value is -3.49. The average molecular weight is 393 g/mol. The van der Waals surface area contributed by atoms with Gasteiger partial charge in [0.2, 0.25) is 0 Å². The molecule has 5 rings (SSSR count). The lowest BCUT2D eigenvalue weighted by molar-refractivity contribution is 1.18. The monoisotopic (exact) mass is 392 g/mol. The summed E-state index contributed by atoms with van der Waals surface area (Å²) in [6.07, 6.45) is 0. The van der Waals surface area contributed by atoms with Crippen LogP contribution in [0.15, 0.2) is 103 Å². The summed E-state index contributed by atoms with van der Waals surface area (Å²) in [5.74, 6) is 0.625. The van der Waals surface area contributed by atoms with Gasteiger partial charge in [-0.05, 0) is 21.9 Å². The molecule has 0 N–H and O–H groups in total. The van der Waals surface area contributed by atoms with E-state index in [9.17, 15) is 0 Å². The van der Waals surface area contributed by atoms with Gasteiger partial charge in [0, 0.05) is 17.2 Å². The van der Waals surface area contributed by atoms with Crippen molar-refractivity contribution in [3.05, 3.63) is 108 Å². The number of nitrogens with zero attached hydrogens (tertiary/aromatic N) is 2. The molecule has 0 aliphatic carbocycles. The molecule has 2 nitrogen and oxygen atoms in total. The maximum absolute atomic E-state index is 6.38. The van der Waals surface area contributed by atoms with Crippen molar-refractivity contribution in [3.8, 4) is 33.8 Å². The third-order valence-electron chi connectivity index (χ3n) is 5.01. The van der Waals surface area contributed by atoms with E-state index in [1.807, 2.05) is 54.6 Å². The summed E-state index contributed by atoms with van der Waals surface area (Å²) in [6.45, 7) is 0. The van der Waals surface area contributed by atoms with Crippen LogP contribution >= 0.6 is 11.6 Å². The summed E-state index contributed by atoms with van der Waals surface area (Å²) >= 11 is 6.38. The van der Waals surface area contributed by atoms with Crippen LogP contribution in [-0.4, -0.2) is 9.97 Å². The van der Waals surface area contributed by atoms with Gasteiger partial charge in [-0.15, -0.1) is 0 Å². The Morgan fingerprint density at radius 1 is 0.552 bits per heavy atom. The fourth-order valence-corrected chi connectivity index (χ4v) is 3.76. The lowest BCUT2D eigenvalue weighted by atomic mass is 10.0. The minimum Gasteiger partial charge on any atom is -0.228 e. The molecule has 0 saturated carbocycles. The zero-order valence-corrected chi connectivity index (χ0v) is 16.3. The molecule has 0 fully saturated rings. The van der Waals surface area contributed by atoms with Crippen LogP contribution in [0.2, 0.25) is 5.15 Å². The van der Waals surface area contributed by atoms with E-state index in [1.165, 1.54) is 10.9 Å². The highest BCUT2D eigenvalue weighted by molar-refractivity contribution is 6.29. The highest BCUT2D eigenvalue weighted by atomic mass is 35.5. The van der Waals surface area contributed by atoms with Crippen LogP contribution in [0.25, 0.3) is 44.5 Å². The molecule has 4 aromatic carbocycles.